The minimum absolute atomic E-state index is 0.0714. The van der Waals surface area contributed by atoms with Crippen molar-refractivity contribution >= 4 is 23.4 Å². The Balaban J connectivity index is 1.32. The zero-order chi connectivity index (χ0) is 29.1. The molecule has 1 N–H and O–H groups in total. The van der Waals surface area contributed by atoms with Crippen molar-refractivity contribution in [2.24, 2.45) is 0 Å². The van der Waals surface area contributed by atoms with Crippen LogP contribution < -0.4 is 10.2 Å². The predicted octanol–water partition coefficient (Wildman–Crippen LogP) is 10.00. The number of ether oxygens (including phenoxy) is 1. The molecular formula is C36H56N2O2S. The van der Waals surface area contributed by atoms with Crippen LogP contribution in [0.3, 0.4) is 0 Å². The van der Waals surface area contributed by atoms with E-state index < -0.39 is 0 Å². The molecule has 1 heterocycles. The van der Waals surface area contributed by atoms with E-state index in [1.165, 1.54) is 104 Å². The van der Waals surface area contributed by atoms with Crippen LogP contribution >= 0.6 is 11.8 Å². The molecule has 4 nitrogen and oxygen atoms in total. The van der Waals surface area contributed by atoms with E-state index in [0.29, 0.717) is 13.0 Å². The summed E-state index contributed by atoms with van der Waals surface area (Å²) in [4.78, 5) is 17.5. The molecular weight excluding hydrogens is 524 g/mol. The van der Waals surface area contributed by atoms with E-state index in [1.54, 1.807) is 11.8 Å². The normalized spacial score (nSPS) is 15.3. The minimum Gasteiger partial charge on any atom is -0.440 e. The Labute approximate surface area is 255 Å². The van der Waals surface area contributed by atoms with Gasteiger partial charge < -0.3 is 15.0 Å². The van der Waals surface area contributed by atoms with Crippen molar-refractivity contribution in [2.75, 3.05) is 24.5 Å². The average Bonchev–Trinajstić information content (AvgIpc) is 2.97. The van der Waals surface area contributed by atoms with Crippen molar-refractivity contribution in [1.82, 2.24) is 5.32 Å². The van der Waals surface area contributed by atoms with Gasteiger partial charge in [0, 0.05) is 29.3 Å². The fourth-order valence-corrected chi connectivity index (χ4v) is 6.75. The first kappa shape index (κ1) is 33.5. The topological polar surface area (TPSA) is 41.6 Å². The lowest BCUT2D eigenvalue weighted by atomic mass is 10.0. The first-order valence-electron chi connectivity index (χ1n) is 16.6. The van der Waals surface area contributed by atoms with Crippen molar-refractivity contribution < 1.29 is 9.53 Å². The van der Waals surface area contributed by atoms with Gasteiger partial charge in [-0.1, -0.05) is 138 Å². The standard InChI is InChI=1S/C36H56N2O2S/c1-4-5-6-7-8-9-10-11-12-13-14-15-16-17-18-23-36(39)40-35-29-37-26-27-38(35)32-21-19-20-22-34(32)41-33-25-24-30(2)28-31(33)3/h19-22,24-25,28,35,37H,4-18,23,26-27,29H2,1-3H3. The number of hydrogen-bond acceptors (Lipinski definition) is 5. The number of rotatable bonds is 20. The molecule has 2 aromatic carbocycles. The Morgan fingerprint density at radius 3 is 2.07 bits per heavy atom. The highest BCUT2D eigenvalue weighted by molar-refractivity contribution is 7.99. The maximum atomic E-state index is 12.8. The van der Waals surface area contributed by atoms with E-state index in [0.717, 1.165) is 31.6 Å². The molecule has 0 radical (unpaired) electrons. The summed E-state index contributed by atoms with van der Waals surface area (Å²) in [7, 11) is 0. The largest absolute Gasteiger partial charge is 0.440 e. The number of benzene rings is 2. The van der Waals surface area contributed by atoms with Crippen LogP contribution in [0, 0.1) is 13.8 Å². The van der Waals surface area contributed by atoms with Crippen molar-refractivity contribution in [3.05, 3.63) is 53.6 Å². The fourth-order valence-electron chi connectivity index (χ4n) is 5.72. The molecule has 1 saturated heterocycles. The Hall–Kier alpha value is -1.98. The second kappa shape index (κ2) is 20.0. The van der Waals surface area contributed by atoms with Crippen LogP contribution in [-0.4, -0.2) is 31.8 Å². The number of piperazine rings is 1. The third-order valence-electron chi connectivity index (χ3n) is 8.17. The molecule has 228 valence electrons. The summed E-state index contributed by atoms with van der Waals surface area (Å²) in [6.45, 7) is 8.95. The summed E-state index contributed by atoms with van der Waals surface area (Å²) in [5.74, 6) is -0.0714. The van der Waals surface area contributed by atoms with Gasteiger partial charge in [0.15, 0.2) is 6.23 Å². The fraction of sp³-hybridized carbons (Fsp3) is 0.639. The van der Waals surface area contributed by atoms with Gasteiger partial charge >= 0.3 is 5.97 Å². The maximum absolute atomic E-state index is 12.8. The molecule has 0 saturated carbocycles. The number of unbranched alkanes of at least 4 members (excludes halogenated alkanes) is 14. The lowest BCUT2D eigenvalue weighted by Crippen LogP contribution is -2.53. The van der Waals surface area contributed by atoms with Crippen LogP contribution in [-0.2, 0) is 9.53 Å². The van der Waals surface area contributed by atoms with Gasteiger partial charge in [0.2, 0.25) is 0 Å². The molecule has 0 spiro atoms. The van der Waals surface area contributed by atoms with Gasteiger partial charge in [-0.25, -0.2) is 0 Å². The summed E-state index contributed by atoms with van der Waals surface area (Å²) in [5.41, 5.74) is 3.71. The van der Waals surface area contributed by atoms with E-state index >= 15 is 0 Å². The number of para-hydroxylation sites is 1. The Morgan fingerprint density at radius 1 is 0.829 bits per heavy atom. The van der Waals surface area contributed by atoms with Gasteiger partial charge in [-0.15, -0.1) is 0 Å². The summed E-state index contributed by atoms with van der Waals surface area (Å²) < 4.78 is 6.04. The monoisotopic (exact) mass is 580 g/mol. The van der Waals surface area contributed by atoms with E-state index in [2.05, 4.69) is 73.5 Å². The molecule has 1 fully saturated rings. The van der Waals surface area contributed by atoms with Gasteiger partial charge in [-0.2, -0.15) is 0 Å². The zero-order valence-corrected chi connectivity index (χ0v) is 27.0. The number of carbonyl (C=O) groups is 1. The lowest BCUT2D eigenvalue weighted by molar-refractivity contribution is -0.149. The van der Waals surface area contributed by atoms with Crippen molar-refractivity contribution in [3.8, 4) is 0 Å². The number of hydrogen-bond donors (Lipinski definition) is 1. The molecule has 2 aromatic rings. The van der Waals surface area contributed by atoms with E-state index in [4.69, 9.17) is 4.74 Å². The van der Waals surface area contributed by atoms with Crippen LogP contribution in [0.2, 0.25) is 0 Å². The Kier molecular flexibility index (Phi) is 16.4. The molecule has 5 heteroatoms. The molecule has 0 amide bonds. The van der Waals surface area contributed by atoms with Gasteiger partial charge in [-0.05, 0) is 44.0 Å². The molecule has 3 rings (SSSR count). The number of nitrogens with zero attached hydrogens (tertiary/aromatic N) is 1. The Bertz CT molecular complexity index is 1010. The lowest BCUT2D eigenvalue weighted by Gasteiger charge is -2.38. The second-order valence-electron chi connectivity index (χ2n) is 11.9. The predicted molar refractivity (Wildman–Crippen MR) is 176 cm³/mol. The summed E-state index contributed by atoms with van der Waals surface area (Å²) >= 11 is 1.79. The van der Waals surface area contributed by atoms with Crippen LogP contribution in [0.25, 0.3) is 0 Å². The SMILES string of the molecule is CCCCCCCCCCCCCCCCCC(=O)OC1CNCCN1c1ccccc1Sc1ccc(C)cc1C. The maximum Gasteiger partial charge on any atom is 0.307 e. The number of aryl methyl sites for hydroxylation is 2. The van der Waals surface area contributed by atoms with Crippen LogP contribution in [0.4, 0.5) is 5.69 Å². The first-order chi connectivity index (χ1) is 20.1. The van der Waals surface area contributed by atoms with Crippen LogP contribution in [0.15, 0.2) is 52.3 Å². The van der Waals surface area contributed by atoms with Crippen molar-refractivity contribution in [2.45, 2.75) is 140 Å². The highest BCUT2D eigenvalue weighted by Gasteiger charge is 2.27. The number of carbonyl (C=O) groups excluding carboxylic acids is 1. The van der Waals surface area contributed by atoms with Crippen LogP contribution in [0.1, 0.15) is 121 Å². The number of nitrogens with one attached hydrogen (secondary N) is 1. The second-order valence-corrected chi connectivity index (χ2v) is 13.0. The van der Waals surface area contributed by atoms with Gasteiger partial charge in [0.05, 0.1) is 12.2 Å². The third kappa shape index (κ3) is 12.8. The molecule has 1 unspecified atom stereocenters. The first-order valence-corrected chi connectivity index (χ1v) is 17.4. The average molecular weight is 581 g/mol. The van der Waals surface area contributed by atoms with E-state index in [9.17, 15) is 4.79 Å². The number of esters is 1. The van der Waals surface area contributed by atoms with E-state index in [1.807, 2.05) is 0 Å². The summed E-state index contributed by atoms with van der Waals surface area (Å²) in [6.07, 6.45) is 20.2. The summed E-state index contributed by atoms with van der Waals surface area (Å²) in [5, 5.41) is 3.42. The van der Waals surface area contributed by atoms with Gasteiger partial charge in [0.1, 0.15) is 0 Å². The molecule has 0 aliphatic carbocycles. The van der Waals surface area contributed by atoms with Crippen LogP contribution in [0.5, 0.6) is 0 Å². The quantitative estimate of drug-likeness (QED) is 0.125. The molecule has 0 bridgehead atoms. The smallest absolute Gasteiger partial charge is 0.307 e. The molecule has 41 heavy (non-hydrogen) atoms. The molecule has 1 atom stereocenters. The zero-order valence-electron chi connectivity index (χ0n) is 26.2. The Morgan fingerprint density at radius 2 is 1.44 bits per heavy atom. The minimum atomic E-state index is -0.270. The molecule has 1 aliphatic rings. The highest BCUT2D eigenvalue weighted by atomic mass is 32.2. The summed E-state index contributed by atoms with van der Waals surface area (Å²) in [6, 6.07) is 15.1. The van der Waals surface area contributed by atoms with Crippen molar-refractivity contribution in [3.63, 3.8) is 0 Å². The highest BCUT2D eigenvalue weighted by Crippen LogP contribution is 2.38. The molecule has 1 aliphatic heterocycles. The van der Waals surface area contributed by atoms with E-state index in [-0.39, 0.29) is 12.2 Å². The number of anilines is 1. The van der Waals surface area contributed by atoms with Gasteiger partial charge in [0.25, 0.3) is 0 Å². The molecule has 0 aromatic heterocycles. The van der Waals surface area contributed by atoms with Crippen molar-refractivity contribution in [1.29, 1.82) is 0 Å². The third-order valence-corrected chi connectivity index (χ3v) is 9.42. The van der Waals surface area contributed by atoms with Gasteiger partial charge in [-0.3, -0.25) is 4.79 Å².